The van der Waals surface area contributed by atoms with Crippen LogP contribution in [-0.4, -0.2) is 30.2 Å². The minimum atomic E-state index is -0.233. The fourth-order valence-electron chi connectivity index (χ4n) is 2.24. The summed E-state index contributed by atoms with van der Waals surface area (Å²) in [7, 11) is 3.95. The Balaban J connectivity index is 1.68. The number of aromatic nitrogens is 1. The quantitative estimate of drug-likeness (QED) is 0.753. The molecule has 2 aromatic heterocycles. The molecule has 23 heavy (non-hydrogen) atoms. The molecule has 0 saturated heterocycles. The van der Waals surface area contributed by atoms with E-state index in [1.165, 1.54) is 0 Å². The Morgan fingerprint density at radius 3 is 2.96 bits per heavy atom. The first-order valence-electron chi connectivity index (χ1n) is 7.22. The van der Waals surface area contributed by atoms with Crippen LogP contribution in [0.15, 0.2) is 40.2 Å². The van der Waals surface area contributed by atoms with Gasteiger partial charge in [0, 0.05) is 22.5 Å². The molecule has 0 saturated carbocycles. The van der Waals surface area contributed by atoms with Gasteiger partial charge in [-0.2, -0.15) is 0 Å². The van der Waals surface area contributed by atoms with Crippen LogP contribution in [0.25, 0.3) is 11.0 Å². The van der Waals surface area contributed by atoms with Crippen molar-refractivity contribution in [1.29, 1.82) is 0 Å². The lowest BCUT2D eigenvalue weighted by atomic mass is 10.2. The number of rotatable bonds is 5. The second kappa shape index (κ2) is 6.80. The number of hydrogen-bond donors (Lipinski definition) is 2. The monoisotopic (exact) mass is 330 g/mol. The molecule has 120 valence electrons. The van der Waals surface area contributed by atoms with E-state index in [1.807, 2.05) is 48.6 Å². The van der Waals surface area contributed by atoms with Gasteiger partial charge < -0.3 is 20.1 Å². The summed E-state index contributed by atoms with van der Waals surface area (Å²) in [4.78, 5) is 15.1. The first-order chi connectivity index (χ1) is 11.1. The van der Waals surface area contributed by atoms with E-state index in [-0.39, 0.29) is 6.03 Å². The van der Waals surface area contributed by atoms with Gasteiger partial charge >= 0.3 is 6.03 Å². The van der Waals surface area contributed by atoms with Crippen LogP contribution in [0.2, 0.25) is 0 Å². The molecule has 0 spiro atoms. The van der Waals surface area contributed by atoms with Gasteiger partial charge in [-0.15, -0.1) is 11.3 Å². The maximum absolute atomic E-state index is 12.0. The lowest BCUT2D eigenvalue weighted by Gasteiger charge is -2.08. The number of carbonyl (C=O) groups excluding carboxylic acids is 1. The molecule has 0 unspecified atom stereocenters. The molecule has 2 heterocycles. The minimum absolute atomic E-state index is 0.233. The standard InChI is InChI=1S/C16H18N4O2S/c1-20(2)10-14-13-8-11(5-6-15(13)22-19-14)18-16(21)17-9-12-4-3-7-23-12/h3-8H,9-10H2,1-2H3,(H2,17,18,21). The van der Waals surface area contributed by atoms with Gasteiger partial charge in [0.1, 0.15) is 5.69 Å². The predicted molar refractivity (Wildman–Crippen MR) is 91.6 cm³/mol. The molecule has 0 fully saturated rings. The van der Waals surface area contributed by atoms with E-state index in [0.717, 1.165) is 16.0 Å². The summed E-state index contributed by atoms with van der Waals surface area (Å²) >= 11 is 1.61. The van der Waals surface area contributed by atoms with Crippen molar-refractivity contribution in [3.05, 3.63) is 46.3 Å². The van der Waals surface area contributed by atoms with Crippen LogP contribution in [-0.2, 0) is 13.1 Å². The zero-order chi connectivity index (χ0) is 16.2. The molecular formula is C16H18N4O2S. The van der Waals surface area contributed by atoms with Gasteiger partial charge in [-0.05, 0) is 43.7 Å². The fourth-order valence-corrected chi connectivity index (χ4v) is 2.88. The average Bonchev–Trinajstić information content (AvgIpc) is 3.15. The molecule has 2 amide bonds. The number of nitrogens with one attached hydrogen (secondary N) is 2. The van der Waals surface area contributed by atoms with Gasteiger partial charge in [-0.1, -0.05) is 11.2 Å². The smallest absolute Gasteiger partial charge is 0.319 e. The van der Waals surface area contributed by atoms with E-state index in [0.29, 0.717) is 24.4 Å². The number of anilines is 1. The molecule has 0 aliphatic rings. The molecule has 0 aliphatic heterocycles. The van der Waals surface area contributed by atoms with Crippen LogP contribution in [0, 0.1) is 0 Å². The molecule has 1 aromatic carbocycles. The topological polar surface area (TPSA) is 70.4 Å². The number of carbonyl (C=O) groups is 1. The van der Waals surface area contributed by atoms with E-state index < -0.39 is 0 Å². The maximum atomic E-state index is 12.0. The van der Waals surface area contributed by atoms with E-state index in [2.05, 4.69) is 15.8 Å². The van der Waals surface area contributed by atoms with Crippen LogP contribution >= 0.6 is 11.3 Å². The summed E-state index contributed by atoms with van der Waals surface area (Å²) in [5.41, 5.74) is 2.28. The van der Waals surface area contributed by atoms with Crippen molar-refractivity contribution in [1.82, 2.24) is 15.4 Å². The number of benzene rings is 1. The van der Waals surface area contributed by atoms with Crippen LogP contribution < -0.4 is 10.6 Å². The third-order valence-electron chi connectivity index (χ3n) is 3.27. The van der Waals surface area contributed by atoms with E-state index >= 15 is 0 Å². The molecule has 6 nitrogen and oxygen atoms in total. The van der Waals surface area contributed by atoms with Crippen LogP contribution in [0.3, 0.4) is 0 Å². The van der Waals surface area contributed by atoms with E-state index in [4.69, 9.17) is 4.52 Å². The summed E-state index contributed by atoms with van der Waals surface area (Å²) in [6.45, 7) is 1.20. The molecule has 3 aromatic rings. The Kier molecular flexibility index (Phi) is 4.59. The van der Waals surface area contributed by atoms with Gasteiger partial charge in [-0.3, -0.25) is 0 Å². The zero-order valence-electron chi connectivity index (χ0n) is 13.0. The summed E-state index contributed by atoms with van der Waals surface area (Å²) in [6.07, 6.45) is 0. The second-order valence-electron chi connectivity index (χ2n) is 5.47. The van der Waals surface area contributed by atoms with Gasteiger partial charge in [0.2, 0.25) is 0 Å². The van der Waals surface area contributed by atoms with Crippen molar-refractivity contribution < 1.29 is 9.32 Å². The number of amides is 2. The van der Waals surface area contributed by atoms with Gasteiger partial charge in [-0.25, -0.2) is 4.79 Å². The highest BCUT2D eigenvalue weighted by atomic mass is 32.1. The highest BCUT2D eigenvalue weighted by Gasteiger charge is 2.11. The van der Waals surface area contributed by atoms with Gasteiger partial charge in [0.05, 0.1) is 6.54 Å². The Bertz CT molecular complexity index is 796. The van der Waals surface area contributed by atoms with Crippen molar-refractivity contribution in [3.8, 4) is 0 Å². The lowest BCUT2D eigenvalue weighted by molar-refractivity contribution is 0.252. The molecule has 7 heteroatoms. The molecule has 3 rings (SSSR count). The normalized spacial score (nSPS) is 11.1. The predicted octanol–water partition coefficient (Wildman–Crippen LogP) is 3.27. The van der Waals surface area contributed by atoms with E-state index in [1.54, 1.807) is 17.4 Å². The minimum Gasteiger partial charge on any atom is -0.356 e. The third kappa shape index (κ3) is 3.88. The Labute approximate surface area is 138 Å². The largest absolute Gasteiger partial charge is 0.356 e. The summed E-state index contributed by atoms with van der Waals surface area (Å²) in [5, 5.41) is 12.7. The highest BCUT2D eigenvalue weighted by molar-refractivity contribution is 7.09. The number of nitrogens with zero attached hydrogens (tertiary/aromatic N) is 2. The van der Waals surface area contributed by atoms with Crippen molar-refractivity contribution in [3.63, 3.8) is 0 Å². The van der Waals surface area contributed by atoms with E-state index in [9.17, 15) is 4.79 Å². The average molecular weight is 330 g/mol. The van der Waals surface area contributed by atoms with Crippen molar-refractivity contribution in [2.45, 2.75) is 13.1 Å². The summed E-state index contributed by atoms with van der Waals surface area (Å²) in [5.74, 6) is 0. The third-order valence-corrected chi connectivity index (χ3v) is 4.15. The zero-order valence-corrected chi connectivity index (χ0v) is 13.8. The van der Waals surface area contributed by atoms with Gasteiger partial charge in [0.15, 0.2) is 5.58 Å². The first kappa shape index (κ1) is 15.5. The number of hydrogen-bond acceptors (Lipinski definition) is 5. The number of fused-ring (bicyclic) bond motifs is 1. The number of thiophene rings is 1. The summed E-state index contributed by atoms with van der Waals surface area (Å²) < 4.78 is 5.30. The van der Waals surface area contributed by atoms with Crippen molar-refractivity contribution in [2.24, 2.45) is 0 Å². The fraction of sp³-hybridized carbons (Fsp3) is 0.250. The molecule has 0 bridgehead atoms. The molecular weight excluding hydrogens is 312 g/mol. The molecule has 2 N–H and O–H groups in total. The maximum Gasteiger partial charge on any atom is 0.319 e. The number of urea groups is 1. The highest BCUT2D eigenvalue weighted by Crippen LogP contribution is 2.23. The van der Waals surface area contributed by atoms with Crippen LogP contribution in [0.1, 0.15) is 10.6 Å². The Morgan fingerprint density at radius 2 is 2.22 bits per heavy atom. The Hall–Kier alpha value is -2.38. The van der Waals surface area contributed by atoms with Crippen molar-refractivity contribution >= 4 is 34.0 Å². The lowest BCUT2D eigenvalue weighted by Crippen LogP contribution is -2.27. The van der Waals surface area contributed by atoms with Crippen LogP contribution in [0.5, 0.6) is 0 Å². The SMILES string of the molecule is CN(C)Cc1noc2ccc(NC(=O)NCc3cccs3)cc12. The van der Waals surface area contributed by atoms with Gasteiger partial charge in [0.25, 0.3) is 0 Å². The molecule has 0 radical (unpaired) electrons. The summed E-state index contributed by atoms with van der Waals surface area (Å²) in [6, 6.07) is 9.22. The first-order valence-corrected chi connectivity index (χ1v) is 8.10. The molecule has 0 atom stereocenters. The molecule has 0 aliphatic carbocycles. The van der Waals surface area contributed by atoms with Crippen molar-refractivity contribution in [2.75, 3.05) is 19.4 Å². The second-order valence-corrected chi connectivity index (χ2v) is 6.50. The Morgan fingerprint density at radius 1 is 1.35 bits per heavy atom. The van der Waals surface area contributed by atoms with Crippen LogP contribution in [0.4, 0.5) is 10.5 Å².